The number of halogens is 1. The molecule has 0 amide bonds. The monoisotopic (exact) mass is 592 g/mol. The van der Waals surface area contributed by atoms with Crippen LogP contribution in [0, 0.1) is 0 Å². The summed E-state index contributed by atoms with van der Waals surface area (Å²) in [5.41, 5.74) is -0.254. The third kappa shape index (κ3) is 11.5. The molecule has 0 bridgehead atoms. The Morgan fingerprint density at radius 2 is 1.30 bits per heavy atom. The number of thioether (sulfide) groups is 1. The summed E-state index contributed by atoms with van der Waals surface area (Å²) in [5.74, 6) is 0.922. The van der Waals surface area contributed by atoms with Gasteiger partial charge >= 0.3 is 0 Å². The molecule has 0 heterocycles. The second-order valence-corrected chi connectivity index (χ2v) is 16.3. The van der Waals surface area contributed by atoms with Crippen molar-refractivity contribution in [3.63, 3.8) is 0 Å². The lowest BCUT2D eigenvalue weighted by molar-refractivity contribution is -0.108. The second kappa shape index (κ2) is 14.0. The highest BCUT2D eigenvalue weighted by atomic mass is 127. The summed E-state index contributed by atoms with van der Waals surface area (Å²) < 4.78 is 12.0. The van der Waals surface area contributed by atoms with Crippen LogP contribution in [-0.4, -0.2) is 65.8 Å². The second-order valence-electron chi connectivity index (χ2n) is 10.1. The average Bonchev–Trinajstić information content (AvgIpc) is 2.56. The average molecular weight is 593 g/mol. The lowest BCUT2D eigenvalue weighted by Gasteiger charge is -2.47. The Morgan fingerprint density at radius 3 is 1.63 bits per heavy atom. The Hall–Kier alpha value is 1.41. The SMILES string of the molecule is CC(C)N(C(C)C)P(SCC(C)(C)OCC(C)(C)SC(=O)CI)N(C(C)C)C(C)C. The van der Waals surface area contributed by atoms with Gasteiger partial charge in [-0.2, -0.15) is 0 Å². The van der Waals surface area contributed by atoms with Crippen LogP contribution in [-0.2, 0) is 9.53 Å². The first-order chi connectivity index (χ1) is 13.5. The molecule has 0 N–H and O–H groups in total. The highest BCUT2D eigenvalue weighted by Crippen LogP contribution is 2.60. The lowest BCUT2D eigenvalue weighted by atomic mass is 10.1. The van der Waals surface area contributed by atoms with Crippen molar-refractivity contribution >= 4 is 58.3 Å². The highest BCUT2D eigenvalue weighted by Gasteiger charge is 2.36. The fourth-order valence-electron chi connectivity index (χ4n) is 3.22. The Labute approximate surface area is 210 Å². The van der Waals surface area contributed by atoms with E-state index in [1.165, 1.54) is 11.8 Å². The summed E-state index contributed by atoms with van der Waals surface area (Å²) in [4.78, 5) is 11.9. The number of hydrogen-bond donors (Lipinski definition) is 0. The van der Waals surface area contributed by atoms with Gasteiger partial charge in [0.2, 0.25) is 0 Å². The molecule has 0 saturated heterocycles. The van der Waals surface area contributed by atoms with Gasteiger partial charge in [-0.3, -0.25) is 14.1 Å². The molecule has 0 spiro atoms. The Bertz CT molecular complexity index is 481. The van der Waals surface area contributed by atoms with E-state index in [1.807, 2.05) is 11.4 Å². The van der Waals surface area contributed by atoms with Crippen LogP contribution < -0.4 is 0 Å². The number of rotatable bonds is 14. The van der Waals surface area contributed by atoms with Crippen molar-refractivity contribution in [2.75, 3.05) is 16.8 Å². The molecule has 0 aromatic heterocycles. The normalized spacial score (nSPS) is 13.9. The molecule has 0 fully saturated rings. The van der Waals surface area contributed by atoms with E-state index < -0.39 is 7.42 Å². The topological polar surface area (TPSA) is 32.8 Å². The zero-order valence-electron chi connectivity index (χ0n) is 21.3. The van der Waals surface area contributed by atoms with Crippen LogP contribution in [0.2, 0.25) is 0 Å². The van der Waals surface area contributed by atoms with Gasteiger partial charge in [0.25, 0.3) is 0 Å². The van der Waals surface area contributed by atoms with Gasteiger partial charge < -0.3 is 4.74 Å². The van der Waals surface area contributed by atoms with Gasteiger partial charge in [0, 0.05) is 34.7 Å². The van der Waals surface area contributed by atoms with Crippen molar-refractivity contribution in [1.82, 2.24) is 9.34 Å². The third-order valence-electron chi connectivity index (χ3n) is 4.35. The predicted octanol–water partition coefficient (Wildman–Crippen LogP) is 7.45. The lowest BCUT2D eigenvalue weighted by Crippen LogP contribution is -2.42. The van der Waals surface area contributed by atoms with Crippen LogP contribution in [0.5, 0.6) is 0 Å². The van der Waals surface area contributed by atoms with Crippen molar-refractivity contribution in [2.45, 2.75) is 118 Å². The molecule has 180 valence electrons. The Balaban J connectivity index is 5.38. The molecule has 0 radical (unpaired) electrons. The van der Waals surface area contributed by atoms with E-state index in [2.05, 4.69) is 115 Å². The van der Waals surface area contributed by atoms with Crippen LogP contribution in [0.3, 0.4) is 0 Å². The maximum atomic E-state index is 11.9. The largest absolute Gasteiger partial charge is 0.373 e. The summed E-state index contributed by atoms with van der Waals surface area (Å²) >= 11 is 5.58. The Kier molecular flexibility index (Phi) is 14.6. The molecule has 0 aliphatic carbocycles. The zero-order chi connectivity index (χ0) is 23.9. The van der Waals surface area contributed by atoms with E-state index in [4.69, 9.17) is 4.74 Å². The standard InChI is InChI=1S/C22H46IN2O2PS2/c1-16(2)24(17(3)4)28(25(18(5)6)19(7)8)29-15-21(9,10)27-14-22(11,12)30-20(26)13-23/h16-19H,13-15H2,1-12H3. The number of carbonyl (C=O) groups is 1. The van der Waals surface area contributed by atoms with Crippen LogP contribution in [0.15, 0.2) is 0 Å². The quantitative estimate of drug-likeness (QED) is 0.118. The summed E-state index contributed by atoms with van der Waals surface area (Å²) in [6, 6.07) is 1.95. The summed E-state index contributed by atoms with van der Waals surface area (Å²) in [6.07, 6.45) is 0. The zero-order valence-corrected chi connectivity index (χ0v) is 26.0. The highest BCUT2D eigenvalue weighted by molar-refractivity contribution is 14.1. The van der Waals surface area contributed by atoms with Crippen LogP contribution in [0.25, 0.3) is 0 Å². The maximum Gasteiger partial charge on any atom is 0.199 e. The predicted molar refractivity (Wildman–Crippen MR) is 149 cm³/mol. The van der Waals surface area contributed by atoms with Crippen LogP contribution >= 0.6 is 53.2 Å². The molecule has 0 aromatic rings. The first-order valence-electron chi connectivity index (χ1n) is 11.0. The van der Waals surface area contributed by atoms with Gasteiger partial charge in [0.1, 0.15) is 7.42 Å². The number of ether oxygens (including phenoxy) is 1. The Morgan fingerprint density at radius 1 is 0.900 bits per heavy atom. The fourth-order valence-corrected chi connectivity index (χ4v) is 11.4. The smallest absolute Gasteiger partial charge is 0.199 e. The number of hydrogen-bond acceptors (Lipinski definition) is 6. The van der Waals surface area contributed by atoms with Gasteiger partial charge in [-0.25, -0.2) is 0 Å². The van der Waals surface area contributed by atoms with E-state index in [9.17, 15) is 4.79 Å². The van der Waals surface area contributed by atoms with E-state index in [-0.39, 0.29) is 15.5 Å². The molecular formula is C22H46IN2O2PS2. The van der Waals surface area contributed by atoms with Crippen molar-refractivity contribution in [3.8, 4) is 0 Å². The number of alkyl halides is 1. The van der Waals surface area contributed by atoms with Crippen LogP contribution in [0.1, 0.15) is 83.1 Å². The first kappa shape index (κ1) is 31.4. The minimum atomic E-state index is -0.522. The third-order valence-corrected chi connectivity index (χ3v) is 12.5. The molecule has 8 heteroatoms. The minimum Gasteiger partial charge on any atom is -0.373 e. The molecule has 0 aromatic carbocycles. The molecule has 0 rings (SSSR count). The molecule has 0 unspecified atom stereocenters. The molecule has 4 nitrogen and oxygen atoms in total. The molecule has 0 saturated carbocycles. The van der Waals surface area contributed by atoms with Gasteiger partial charge in [-0.05, 0) is 83.1 Å². The molecule has 0 aliphatic rings. The van der Waals surface area contributed by atoms with E-state index in [0.717, 1.165) is 5.75 Å². The molecule has 0 aliphatic heterocycles. The van der Waals surface area contributed by atoms with E-state index >= 15 is 0 Å². The van der Waals surface area contributed by atoms with Gasteiger partial charge in [0.15, 0.2) is 5.12 Å². The van der Waals surface area contributed by atoms with Crippen molar-refractivity contribution in [2.24, 2.45) is 0 Å². The van der Waals surface area contributed by atoms with Crippen molar-refractivity contribution in [3.05, 3.63) is 0 Å². The van der Waals surface area contributed by atoms with Crippen molar-refractivity contribution in [1.29, 1.82) is 0 Å². The molecule has 30 heavy (non-hydrogen) atoms. The summed E-state index contributed by atoms with van der Waals surface area (Å²) in [7, 11) is -0.522. The number of nitrogens with zero attached hydrogens (tertiary/aromatic N) is 2. The van der Waals surface area contributed by atoms with Crippen LogP contribution in [0.4, 0.5) is 0 Å². The molecular weight excluding hydrogens is 546 g/mol. The number of carbonyl (C=O) groups excluding carboxylic acids is 1. The minimum absolute atomic E-state index is 0.210. The first-order valence-corrected chi connectivity index (χ1v) is 16.1. The molecule has 0 atom stereocenters. The summed E-state index contributed by atoms with van der Waals surface area (Å²) in [6.45, 7) is 27.6. The fraction of sp³-hybridized carbons (Fsp3) is 0.955. The van der Waals surface area contributed by atoms with Gasteiger partial charge in [-0.15, -0.1) is 0 Å². The van der Waals surface area contributed by atoms with Crippen molar-refractivity contribution < 1.29 is 9.53 Å². The maximum absolute atomic E-state index is 11.9. The van der Waals surface area contributed by atoms with E-state index in [0.29, 0.717) is 35.2 Å². The van der Waals surface area contributed by atoms with Gasteiger partial charge in [-0.1, -0.05) is 45.7 Å². The summed E-state index contributed by atoms with van der Waals surface area (Å²) in [5, 5.41) is 0.217. The van der Waals surface area contributed by atoms with Gasteiger partial charge in [0.05, 0.1) is 16.6 Å². The van der Waals surface area contributed by atoms with E-state index in [1.54, 1.807) is 0 Å².